The maximum atomic E-state index is 12.5. The van der Waals surface area contributed by atoms with Gasteiger partial charge in [-0.25, -0.2) is 4.79 Å². The van der Waals surface area contributed by atoms with Crippen LogP contribution in [0.25, 0.3) is 0 Å². The second-order valence-electron chi connectivity index (χ2n) is 5.25. The molecule has 23 heavy (non-hydrogen) atoms. The molecule has 0 radical (unpaired) electrons. The molecular weight excluding hydrogens is 335 g/mol. The van der Waals surface area contributed by atoms with E-state index in [0.717, 1.165) is 31.0 Å². The van der Waals surface area contributed by atoms with Crippen LogP contribution in [0.1, 0.15) is 18.4 Å². The van der Waals surface area contributed by atoms with Gasteiger partial charge in [0.1, 0.15) is 0 Å². The Hall–Kier alpha value is -1.96. The van der Waals surface area contributed by atoms with Crippen molar-refractivity contribution in [3.05, 3.63) is 28.8 Å². The minimum atomic E-state index is -4.51. The van der Waals surface area contributed by atoms with Gasteiger partial charge in [0.2, 0.25) is 5.91 Å². The fraction of sp³-hybridized carbons (Fsp3) is 0.429. The van der Waals surface area contributed by atoms with E-state index in [1.807, 2.05) is 0 Å². The first-order valence-electron chi connectivity index (χ1n) is 6.94. The first kappa shape index (κ1) is 17.4. The zero-order valence-corrected chi connectivity index (χ0v) is 12.7. The van der Waals surface area contributed by atoms with Crippen LogP contribution in [-0.4, -0.2) is 25.0 Å². The Morgan fingerprint density at radius 1 is 1.22 bits per heavy atom. The molecule has 0 aliphatic heterocycles. The summed E-state index contributed by atoms with van der Waals surface area (Å²) in [6.07, 6.45) is -2.31. The summed E-state index contributed by atoms with van der Waals surface area (Å²) in [6, 6.07) is 1.86. The summed E-state index contributed by atoms with van der Waals surface area (Å²) in [5.74, 6) is 0.198. The number of carbonyl (C=O) groups is 2. The molecule has 1 saturated carbocycles. The maximum absolute atomic E-state index is 12.5. The molecule has 0 aromatic heterocycles. The van der Waals surface area contributed by atoms with Gasteiger partial charge in [-0.2, -0.15) is 13.2 Å². The van der Waals surface area contributed by atoms with Gasteiger partial charge in [-0.3, -0.25) is 4.79 Å². The van der Waals surface area contributed by atoms with Crippen molar-refractivity contribution in [1.29, 1.82) is 0 Å². The molecular formula is C14H15ClF3N3O2. The summed E-state index contributed by atoms with van der Waals surface area (Å²) in [7, 11) is 0. The van der Waals surface area contributed by atoms with Crippen molar-refractivity contribution in [1.82, 2.24) is 10.6 Å². The van der Waals surface area contributed by atoms with E-state index in [9.17, 15) is 22.8 Å². The van der Waals surface area contributed by atoms with Crippen LogP contribution in [0.2, 0.25) is 5.02 Å². The third-order valence-corrected chi connectivity index (χ3v) is 3.55. The summed E-state index contributed by atoms with van der Waals surface area (Å²) in [4.78, 5) is 23.1. The molecule has 1 aliphatic carbocycles. The molecule has 1 aliphatic rings. The Morgan fingerprint density at radius 2 is 1.91 bits per heavy atom. The Kier molecular flexibility index (Phi) is 5.35. The number of anilines is 1. The molecule has 1 fully saturated rings. The van der Waals surface area contributed by atoms with Gasteiger partial charge in [-0.1, -0.05) is 11.6 Å². The van der Waals surface area contributed by atoms with Gasteiger partial charge in [0.15, 0.2) is 0 Å². The highest BCUT2D eigenvalue weighted by atomic mass is 35.5. The van der Waals surface area contributed by atoms with E-state index < -0.39 is 17.8 Å². The number of carbonyl (C=O) groups excluding carboxylic acids is 2. The molecule has 3 amide bonds. The number of amides is 3. The van der Waals surface area contributed by atoms with Gasteiger partial charge in [-0.05, 0) is 37.0 Å². The van der Waals surface area contributed by atoms with E-state index in [4.69, 9.17) is 11.6 Å². The zero-order valence-electron chi connectivity index (χ0n) is 12.0. The normalized spacial score (nSPS) is 14.3. The molecule has 0 atom stereocenters. The number of rotatable bonds is 5. The predicted molar refractivity (Wildman–Crippen MR) is 79.2 cm³/mol. The number of alkyl halides is 3. The highest BCUT2D eigenvalue weighted by Crippen LogP contribution is 2.33. The highest BCUT2D eigenvalue weighted by Gasteiger charge is 2.31. The van der Waals surface area contributed by atoms with Gasteiger partial charge < -0.3 is 16.0 Å². The number of benzene rings is 1. The maximum Gasteiger partial charge on any atom is 0.416 e. The van der Waals surface area contributed by atoms with E-state index in [1.54, 1.807) is 0 Å². The van der Waals surface area contributed by atoms with Crippen LogP contribution in [0.4, 0.5) is 23.7 Å². The molecule has 0 saturated heterocycles. The SMILES string of the molecule is O=C(CNC(=O)Nc1ccc(C(F)(F)F)cc1Cl)NCC1CC1. The third kappa shape index (κ3) is 5.63. The summed E-state index contributed by atoms with van der Waals surface area (Å²) in [5, 5.41) is 7.02. The highest BCUT2D eigenvalue weighted by molar-refractivity contribution is 6.33. The van der Waals surface area contributed by atoms with Crippen LogP contribution in [0.3, 0.4) is 0 Å². The molecule has 2 rings (SSSR count). The lowest BCUT2D eigenvalue weighted by Gasteiger charge is -2.12. The van der Waals surface area contributed by atoms with Crippen molar-refractivity contribution < 1.29 is 22.8 Å². The third-order valence-electron chi connectivity index (χ3n) is 3.24. The van der Waals surface area contributed by atoms with Crippen molar-refractivity contribution in [2.45, 2.75) is 19.0 Å². The minimum absolute atomic E-state index is 0.0237. The Bertz CT molecular complexity index is 603. The summed E-state index contributed by atoms with van der Waals surface area (Å²) >= 11 is 5.71. The molecule has 0 spiro atoms. The second-order valence-corrected chi connectivity index (χ2v) is 5.65. The average molecular weight is 350 g/mol. The van der Waals surface area contributed by atoms with E-state index in [1.165, 1.54) is 0 Å². The molecule has 3 N–H and O–H groups in total. The quantitative estimate of drug-likeness (QED) is 0.764. The molecule has 1 aromatic rings. The number of urea groups is 1. The van der Waals surface area contributed by atoms with Crippen LogP contribution >= 0.6 is 11.6 Å². The van der Waals surface area contributed by atoms with Gasteiger partial charge in [0.25, 0.3) is 0 Å². The molecule has 126 valence electrons. The number of nitrogens with one attached hydrogen (secondary N) is 3. The van der Waals surface area contributed by atoms with Crippen molar-refractivity contribution >= 4 is 29.2 Å². The number of hydrogen-bond donors (Lipinski definition) is 3. The van der Waals surface area contributed by atoms with Gasteiger partial charge in [-0.15, -0.1) is 0 Å². The molecule has 5 nitrogen and oxygen atoms in total. The zero-order chi connectivity index (χ0) is 17.0. The number of halogens is 4. The average Bonchev–Trinajstić information content (AvgIpc) is 3.28. The Balaban J connectivity index is 1.81. The van der Waals surface area contributed by atoms with Gasteiger partial charge >= 0.3 is 12.2 Å². The van der Waals surface area contributed by atoms with Gasteiger partial charge in [0, 0.05) is 6.54 Å². The van der Waals surface area contributed by atoms with Crippen LogP contribution in [0, 0.1) is 5.92 Å². The number of hydrogen-bond acceptors (Lipinski definition) is 2. The van der Waals surface area contributed by atoms with Gasteiger partial charge in [0.05, 0.1) is 22.8 Å². The molecule has 9 heteroatoms. The predicted octanol–water partition coefficient (Wildman–Crippen LogP) is 3.01. The van der Waals surface area contributed by atoms with E-state index in [0.29, 0.717) is 12.5 Å². The van der Waals surface area contributed by atoms with E-state index in [-0.39, 0.29) is 23.2 Å². The largest absolute Gasteiger partial charge is 0.416 e. The van der Waals surface area contributed by atoms with Crippen molar-refractivity contribution in [2.75, 3.05) is 18.4 Å². The fourth-order valence-electron chi connectivity index (χ4n) is 1.76. The van der Waals surface area contributed by atoms with Crippen LogP contribution in [-0.2, 0) is 11.0 Å². The van der Waals surface area contributed by atoms with Crippen molar-refractivity contribution in [3.63, 3.8) is 0 Å². The molecule has 0 unspecified atom stereocenters. The van der Waals surface area contributed by atoms with E-state index >= 15 is 0 Å². The second kappa shape index (κ2) is 7.08. The topological polar surface area (TPSA) is 70.2 Å². The van der Waals surface area contributed by atoms with Crippen LogP contribution in [0.15, 0.2) is 18.2 Å². The lowest BCUT2D eigenvalue weighted by Crippen LogP contribution is -2.39. The monoisotopic (exact) mass is 349 g/mol. The molecule has 0 heterocycles. The Labute approximate surface area is 135 Å². The molecule has 1 aromatic carbocycles. The first-order valence-corrected chi connectivity index (χ1v) is 7.32. The fourth-order valence-corrected chi connectivity index (χ4v) is 1.99. The first-order chi connectivity index (χ1) is 10.8. The Morgan fingerprint density at radius 3 is 2.48 bits per heavy atom. The summed E-state index contributed by atoms with van der Waals surface area (Å²) < 4.78 is 37.5. The molecule has 0 bridgehead atoms. The summed E-state index contributed by atoms with van der Waals surface area (Å²) in [6.45, 7) is 0.365. The van der Waals surface area contributed by atoms with Crippen molar-refractivity contribution in [2.24, 2.45) is 5.92 Å². The van der Waals surface area contributed by atoms with E-state index in [2.05, 4.69) is 16.0 Å². The van der Waals surface area contributed by atoms with Crippen LogP contribution < -0.4 is 16.0 Å². The van der Waals surface area contributed by atoms with Crippen LogP contribution in [0.5, 0.6) is 0 Å². The minimum Gasteiger partial charge on any atom is -0.354 e. The summed E-state index contributed by atoms with van der Waals surface area (Å²) in [5.41, 5.74) is -0.886. The lowest BCUT2D eigenvalue weighted by molar-refractivity contribution is -0.137. The smallest absolute Gasteiger partial charge is 0.354 e. The lowest BCUT2D eigenvalue weighted by atomic mass is 10.2. The van der Waals surface area contributed by atoms with Crippen molar-refractivity contribution in [3.8, 4) is 0 Å². The standard InChI is InChI=1S/C14H15ClF3N3O2/c15-10-5-9(14(16,17)18)3-4-11(10)21-13(23)20-7-12(22)19-6-8-1-2-8/h3-5,8H,1-2,6-7H2,(H,19,22)(H2,20,21,23).